The van der Waals surface area contributed by atoms with E-state index in [1.54, 1.807) is 0 Å². The molecular weight excluding hydrogens is 655 g/mol. The molecule has 0 aliphatic carbocycles. The largest absolute Gasteiger partial charge is 0.456 e. The molecule has 4 heteroatoms. The molecule has 11 aromatic rings. The Kier molecular flexibility index (Phi) is 6.42. The van der Waals surface area contributed by atoms with Gasteiger partial charge in [0.25, 0.3) is 0 Å². The van der Waals surface area contributed by atoms with E-state index in [2.05, 4.69) is 157 Å². The summed E-state index contributed by atoms with van der Waals surface area (Å²) in [6, 6.07) is 62.6. The van der Waals surface area contributed by atoms with Gasteiger partial charge in [0.05, 0.1) is 10.4 Å². The first-order chi connectivity index (χ1) is 25.8. The summed E-state index contributed by atoms with van der Waals surface area (Å²) in [7, 11) is 0. The van der Waals surface area contributed by atoms with Crippen LogP contribution < -0.4 is 4.90 Å². The lowest BCUT2D eigenvalue weighted by Crippen LogP contribution is -2.10. The summed E-state index contributed by atoms with van der Waals surface area (Å²) in [5, 5.41) is 7.09. The van der Waals surface area contributed by atoms with Gasteiger partial charge in [0, 0.05) is 48.4 Å². The SMILES string of the molecule is c1cc(-c2ccc3oc4ccccc4c3c2)cc(N(c2ccc(-c3cccc4oc5ccccc5c34)cc2)c2cccc3c2sc2ccccc23)c1. The maximum Gasteiger partial charge on any atom is 0.136 e. The van der Waals surface area contributed by atoms with Gasteiger partial charge >= 0.3 is 0 Å². The number of nitrogens with zero attached hydrogens (tertiary/aromatic N) is 1. The van der Waals surface area contributed by atoms with Crippen molar-refractivity contribution in [3.63, 3.8) is 0 Å². The number of hydrogen-bond donors (Lipinski definition) is 0. The highest BCUT2D eigenvalue weighted by Crippen LogP contribution is 2.46. The molecule has 0 aliphatic rings. The zero-order valence-corrected chi connectivity index (χ0v) is 28.7. The average molecular weight is 684 g/mol. The van der Waals surface area contributed by atoms with E-state index in [-0.39, 0.29) is 0 Å². The minimum absolute atomic E-state index is 0.901. The predicted octanol–water partition coefficient (Wildman–Crippen LogP) is 14.7. The average Bonchev–Trinajstić information content (AvgIpc) is 3.90. The number of anilines is 3. The molecule has 0 amide bonds. The highest BCUT2D eigenvalue weighted by Gasteiger charge is 2.20. The zero-order chi connectivity index (χ0) is 34.2. The molecule has 0 fully saturated rings. The van der Waals surface area contributed by atoms with Crippen molar-refractivity contribution in [2.24, 2.45) is 0 Å². The fourth-order valence-electron chi connectivity index (χ4n) is 7.87. The van der Waals surface area contributed by atoms with Crippen LogP contribution in [0, 0.1) is 0 Å². The van der Waals surface area contributed by atoms with Gasteiger partial charge in [0.15, 0.2) is 0 Å². The second kappa shape index (κ2) is 11.5. The van der Waals surface area contributed by atoms with Crippen LogP contribution in [-0.4, -0.2) is 0 Å². The molecule has 0 N–H and O–H groups in total. The number of benzene rings is 8. The third kappa shape index (κ3) is 4.51. The van der Waals surface area contributed by atoms with E-state index in [1.807, 2.05) is 35.6 Å². The standard InChI is InChI=1S/C48H29NO2S/c1-4-18-42-36(12-1)40-29-32(24-27-44(40)50-42)31-10-7-11-34(28-31)49(41-17-8-16-38-37-13-3-6-21-46(37)52-48(38)41)33-25-22-30(23-26-33)35-15-9-20-45-47(35)39-14-2-5-19-43(39)51-45/h1-29H. The third-order valence-corrected chi connectivity index (χ3v) is 11.5. The van der Waals surface area contributed by atoms with Gasteiger partial charge in [-0.2, -0.15) is 0 Å². The van der Waals surface area contributed by atoms with Crippen molar-refractivity contribution in [1.29, 1.82) is 0 Å². The van der Waals surface area contributed by atoms with E-state index in [0.29, 0.717) is 0 Å². The van der Waals surface area contributed by atoms with Gasteiger partial charge in [-0.3, -0.25) is 0 Å². The smallest absolute Gasteiger partial charge is 0.136 e. The summed E-state index contributed by atoms with van der Waals surface area (Å²) in [5.74, 6) is 0. The molecule has 3 heterocycles. The van der Waals surface area contributed by atoms with Crippen LogP contribution in [0.1, 0.15) is 0 Å². The van der Waals surface area contributed by atoms with E-state index in [4.69, 9.17) is 8.83 Å². The number of para-hydroxylation sites is 2. The van der Waals surface area contributed by atoms with Gasteiger partial charge < -0.3 is 13.7 Å². The monoisotopic (exact) mass is 683 g/mol. The summed E-state index contributed by atoms with van der Waals surface area (Å²) in [6.07, 6.45) is 0. The highest BCUT2D eigenvalue weighted by atomic mass is 32.1. The van der Waals surface area contributed by atoms with Gasteiger partial charge in [-0.25, -0.2) is 0 Å². The Hall–Kier alpha value is -6.62. The maximum absolute atomic E-state index is 6.23. The molecule has 0 saturated carbocycles. The Labute approximate surface area is 303 Å². The van der Waals surface area contributed by atoms with Crippen molar-refractivity contribution < 1.29 is 8.83 Å². The Morgan fingerprint density at radius 3 is 1.90 bits per heavy atom. The van der Waals surface area contributed by atoms with Gasteiger partial charge in [-0.05, 0) is 89.0 Å². The van der Waals surface area contributed by atoms with Crippen LogP contribution in [0.4, 0.5) is 17.1 Å². The molecular formula is C48H29NO2S. The molecule has 0 saturated heterocycles. The molecule has 3 aromatic heterocycles. The molecule has 0 unspecified atom stereocenters. The Balaban J connectivity index is 1.09. The fourth-order valence-corrected chi connectivity index (χ4v) is 9.08. The Morgan fingerprint density at radius 2 is 1.02 bits per heavy atom. The number of rotatable bonds is 5. The predicted molar refractivity (Wildman–Crippen MR) is 219 cm³/mol. The van der Waals surface area contributed by atoms with E-state index in [9.17, 15) is 0 Å². The van der Waals surface area contributed by atoms with E-state index in [0.717, 1.165) is 83.2 Å². The second-order valence-electron chi connectivity index (χ2n) is 13.3. The lowest BCUT2D eigenvalue weighted by molar-refractivity contribution is 0.668. The zero-order valence-electron chi connectivity index (χ0n) is 27.9. The topological polar surface area (TPSA) is 29.5 Å². The van der Waals surface area contributed by atoms with Gasteiger partial charge in [-0.1, -0.05) is 109 Å². The lowest BCUT2D eigenvalue weighted by Gasteiger charge is -2.27. The first-order valence-electron chi connectivity index (χ1n) is 17.5. The quantitative estimate of drug-likeness (QED) is 0.181. The third-order valence-electron chi connectivity index (χ3n) is 10.3. The van der Waals surface area contributed by atoms with E-state index in [1.165, 1.54) is 20.2 Å². The highest BCUT2D eigenvalue weighted by molar-refractivity contribution is 7.26. The van der Waals surface area contributed by atoms with Crippen LogP contribution >= 0.6 is 11.3 Å². The summed E-state index contributed by atoms with van der Waals surface area (Å²) in [4.78, 5) is 2.41. The summed E-state index contributed by atoms with van der Waals surface area (Å²) >= 11 is 1.85. The molecule has 11 rings (SSSR count). The maximum atomic E-state index is 6.23. The molecule has 0 atom stereocenters. The fraction of sp³-hybridized carbons (Fsp3) is 0. The minimum atomic E-state index is 0.901. The number of hydrogen-bond acceptors (Lipinski definition) is 4. The molecule has 0 radical (unpaired) electrons. The summed E-state index contributed by atoms with van der Waals surface area (Å²) in [5.41, 5.74) is 11.6. The van der Waals surface area contributed by atoms with E-state index < -0.39 is 0 Å². The Bertz CT molecular complexity index is 3150. The normalized spacial score (nSPS) is 11.8. The van der Waals surface area contributed by atoms with Gasteiger partial charge in [-0.15, -0.1) is 11.3 Å². The molecule has 0 aliphatic heterocycles. The van der Waals surface area contributed by atoms with Crippen LogP contribution in [0.3, 0.4) is 0 Å². The summed E-state index contributed by atoms with van der Waals surface area (Å²) in [6.45, 7) is 0. The van der Waals surface area contributed by atoms with Crippen LogP contribution in [0.15, 0.2) is 185 Å². The Morgan fingerprint density at radius 1 is 0.385 bits per heavy atom. The summed E-state index contributed by atoms with van der Waals surface area (Å²) < 4.78 is 14.9. The number of furan rings is 2. The first kappa shape index (κ1) is 29.1. The van der Waals surface area contributed by atoms with E-state index >= 15 is 0 Å². The van der Waals surface area contributed by atoms with Gasteiger partial charge in [0.1, 0.15) is 22.3 Å². The lowest BCUT2D eigenvalue weighted by atomic mass is 9.98. The molecule has 3 nitrogen and oxygen atoms in total. The molecule has 0 bridgehead atoms. The molecule has 8 aromatic carbocycles. The minimum Gasteiger partial charge on any atom is -0.456 e. The number of thiophene rings is 1. The van der Waals surface area contributed by atoms with Crippen LogP contribution in [0.5, 0.6) is 0 Å². The molecule has 52 heavy (non-hydrogen) atoms. The van der Waals surface area contributed by atoms with Gasteiger partial charge in [0.2, 0.25) is 0 Å². The van der Waals surface area contributed by atoms with Crippen molar-refractivity contribution in [2.45, 2.75) is 0 Å². The van der Waals surface area contributed by atoms with Crippen molar-refractivity contribution in [1.82, 2.24) is 0 Å². The van der Waals surface area contributed by atoms with Crippen molar-refractivity contribution in [3.05, 3.63) is 176 Å². The van der Waals surface area contributed by atoms with Crippen molar-refractivity contribution in [2.75, 3.05) is 4.90 Å². The van der Waals surface area contributed by atoms with Crippen LogP contribution in [-0.2, 0) is 0 Å². The number of fused-ring (bicyclic) bond motifs is 9. The van der Waals surface area contributed by atoms with Crippen molar-refractivity contribution >= 4 is 92.4 Å². The van der Waals surface area contributed by atoms with Crippen LogP contribution in [0.25, 0.3) is 86.3 Å². The first-order valence-corrected chi connectivity index (χ1v) is 18.3. The molecule has 0 spiro atoms. The van der Waals surface area contributed by atoms with Crippen molar-refractivity contribution in [3.8, 4) is 22.3 Å². The van der Waals surface area contributed by atoms with Crippen LogP contribution in [0.2, 0.25) is 0 Å². The molecule has 244 valence electrons. The second-order valence-corrected chi connectivity index (χ2v) is 14.3.